The lowest BCUT2D eigenvalue weighted by Crippen LogP contribution is -2.05. The van der Waals surface area contributed by atoms with Gasteiger partial charge in [-0.15, -0.1) is 0 Å². The average molecular weight is 275 g/mol. The van der Waals surface area contributed by atoms with E-state index < -0.39 is 0 Å². The largest absolute Gasteiger partial charge is 0.491 e. The van der Waals surface area contributed by atoms with Crippen molar-refractivity contribution < 1.29 is 9.13 Å². The first-order valence-electron chi connectivity index (χ1n) is 5.17. The SMILES string of the molecule is CC(CCBr)CCOc1ccccc1F. The Bertz CT molecular complexity index is 291. The van der Waals surface area contributed by atoms with Gasteiger partial charge in [0.2, 0.25) is 0 Å². The van der Waals surface area contributed by atoms with Crippen LogP contribution >= 0.6 is 15.9 Å². The van der Waals surface area contributed by atoms with Gasteiger partial charge in [0.15, 0.2) is 11.6 Å². The Morgan fingerprint density at radius 2 is 2.07 bits per heavy atom. The fourth-order valence-corrected chi connectivity index (χ4v) is 2.04. The van der Waals surface area contributed by atoms with Crippen molar-refractivity contribution in [3.8, 4) is 5.75 Å². The molecular weight excluding hydrogens is 259 g/mol. The summed E-state index contributed by atoms with van der Waals surface area (Å²) in [4.78, 5) is 0. The molecule has 0 N–H and O–H groups in total. The average Bonchev–Trinajstić information content (AvgIpc) is 2.21. The van der Waals surface area contributed by atoms with E-state index in [4.69, 9.17) is 4.74 Å². The predicted molar refractivity (Wildman–Crippen MR) is 64.1 cm³/mol. The molecule has 0 bridgehead atoms. The van der Waals surface area contributed by atoms with E-state index in [1.165, 1.54) is 6.07 Å². The first kappa shape index (κ1) is 12.5. The zero-order valence-corrected chi connectivity index (χ0v) is 10.5. The topological polar surface area (TPSA) is 9.23 Å². The Kier molecular flexibility index (Phi) is 5.69. The Labute approximate surface area is 98.8 Å². The monoisotopic (exact) mass is 274 g/mol. The molecule has 0 saturated carbocycles. The summed E-state index contributed by atoms with van der Waals surface area (Å²) in [5.41, 5.74) is 0. The third-order valence-corrected chi connectivity index (χ3v) is 2.76. The van der Waals surface area contributed by atoms with Gasteiger partial charge in [-0.1, -0.05) is 35.0 Å². The van der Waals surface area contributed by atoms with Crippen molar-refractivity contribution in [2.24, 2.45) is 5.92 Å². The minimum absolute atomic E-state index is 0.286. The Balaban J connectivity index is 2.29. The second kappa shape index (κ2) is 6.83. The molecule has 0 aliphatic heterocycles. The molecule has 0 aromatic heterocycles. The number of alkyl halides is 1. The molecule has 0 amide bonds. The highest BCUT2D eigenvalue weighted by Gasteiger charge is 2.04. The van der Waals surface area contributed by atoms with Crippen LogP contribution in [0.1, 0.15) is 19.8 Å². The van der Waals surface area contributed by atoms with Crippen molar-refractivity contribution in [3.63, 3.8) is 0 Å². The lowest BCUT2D eigenvalue weighted by Gasteiger charge is -2.11. The molecule has 1 aromatic rings. The lowest BCUT2D eigenvalue weighted by atomic mass is 10.1. The summed E-state index contributed by atoms with van der Waals surface area (Å²) in [6.45, 7) is 2.75. The maximum absolute atomic E-state index is 13.1. The van der Waals surface area contributed by atoms with Gasteiger partial charge in [-0.2, -0.15) is 0 Å². The van der Waals surface area contributed by atoms with E-state index in [2.05, 4.69) is 22.9 Å². The Morgan fingerprint density at radius 1 is 1.33 bits per heavy atom. The van der Waals surface area contributed by atoms with Gasteiger partial charge in [-0.3, -0.25) is 0 Å². The first-order chi connectivity index (χ1) is 7.24. The number of rotatable bonds is 6. The van der Waals surface area contributed by atoms with Crippen molar-refractivity contribution in [1.29, 1.82) is 0 Å². The smallest absolute Gasteiger partial charge is 0.165 e. The summed E-state index contributed by atoms with van der Waals surface area (Å²) in [5, 5.41) is 1.01. The fraction of sp³-hybridized carbons (Fsp3) is 0.500. The van der Waals surface area contributed by atoms with E-state index in [-0.39, 0.29) is 5.82 Å². The second-order valence-electron chi connectivity index (χ2n) is 3.65. The van der Waals surface area contributed by atoms with Gasteiger partial charge < -0.3 is 4.74 Å². The number of ether oxygens (including phenoxy) is 1. The maximum Gasteiger partial charge on any atom is 0.165 e. The number of para-hydroxylation sites is 1. The molecule has 0 fully saturated rings. The second-order valence-corrected chi connectivity index (χ2v) is 4.44. The van der Waals surface area contributed by atoms with Crippen LogP contribution < -0.4 is 4.74 Å². The molecule has 0 saturated heterocycles. The standard InChI is InChI=1S/C12H16BrFO/c1-10(6-8-13)7-9-15-12-5-3-2-4-11(12)14/h2-5,10H,6-9H2,1H3. The normalized spacial score (nSPS) is 12.5. The zero-order chi connectivity index (χ0) is 11.1. The molecule has 15 heavy (non-hydrogen) atoms. The quantitative estimate of drug-likeness (QED) is 0.712. The van der Waals surface area contributed by atoms with Crippen LogP contribution in [0.15, 0.2) is 24.3 Å². The molecule has 1 unspecified atom stereocenters. The molecular formula is C12H16BrFO. The molecule has 1 nitrogen and oxygen atoms in total. The third kappa shape index (κ3) is 4.65. The van der Waals surface area contributed by atoms with E-state index in [0.717, 1.165) is 18.2 Å². The van der Waals surface area contributed by atoms with Crippen molar-refractivity contribution in [2.75, 3.05) is 11.9 Å². The van der Waals surface area contributed by atoms with Crippen molar-refractivity contribution in [3.05, 3.63) is 30.1 Å². The first-order valence-corrected chi connectivity index (χ1v) is 6.29. The number of hydrogen-bond donors (Lipinski definition) is 0. The van der Waals surface area contributed by atoms with Gasteiger partial charge in [0, 0.05) is 5.33 Å². The molecule has 1 aromatic carbocycles. The zero-order valence-electron chi connectivity index (χ0n) is 8.88. The van der Waals surface area contributed by atoms with Gasteiger partial charge in [-0.05, 0) is 30.9 Å². The molecule has 0 aliphatic rings. The summed E-state index contributed by atoms with van der Waals surface area (Å²) in [6, 6.07) is 6.51. The molecule has 84 valence electrons. The number of halogens is 2. The molecule has 1 atom stereocenters. The molecule has 3 heteroatoms. The van der Waals surface area contributed by atoms with Crippen LogP contribution in [0.5, 0.6) is 5.75 Å². The highest BCUT2D eigenvalue weighted by Crippen LogP contribution is 2.17. The van der Waals surface area contributed by atoms with Crippen molar-refractivity contribution in [2.45, 2.75) is 19.8 Å². The van der Waals surface area contributed by atoms with Crippen LogP contribution in [0.4, 0.5) is 4.39 Å². The Hall–Kier alpha value is -0.570. The van der Waals surface area contributed by atoms with Gasteiger partial charge in [0.25, 0.3) is 0 Å². The van der Waals surface area contributed by atoms with Gasteiger partial charge in [0.05, 0.1) is 6.61 Å². The minimum atomic E-state index is -0.286. The summed E-state index contributed by atoms with van der Waals surface area (Å²) in [5.74, 6) is 0.672. The summed E-state index contributed by atoms with van der Waals surface area (Å²) in [6.07, 6.45) is 2.08. The molecule has 1 rings (SSSR count). The molecule has 0 radical (unpaired) electrons. The molecule has 0 heterocycles. The van der Waals surface area contributed by atoms with Gasteiger partial charge >= 0.3 is 0 Å². The van der Waals surface area contributed by atoms with E-state index in [1.807, 2.05) is 0 Å². The summed E-state index contributed by atoms with van der Waals surface area (Å²) < 4.78 is 18.5. The predicted octanol–water partition coefficient (Wildman–Crippen LogP) is 4.02. The summed E-state index contributed by atoms with van der Waals surface area (Å²) >= 11 is 3.40. The van der Waals surface area contributed by atoms with Crippen LogP contribution in [0.3, 0.4) is 0 Å². The van der Waals surface area contributed by atoms with E-state index in [0.29, 0.717) is 18.3 Å². The van der Waals surface area contributed by atoms with Gasteiger partial charge in [0.1, 0.15) is 0 Å². The van der Waals surface area contributed by atoms with E-state index in [9.17, 15) is 4.39 Å². The highest BCUT2D eigenvalue weighted by molar-refractivity contribution is 9.09. The van der Waals surface area contributed by atoms with Crippen LogP contribution in [0.2, 0.25) is 0 Å². The highest BCUT2D eigenvalue weighted by atomic mass is 79.9. The maximum atomic E-state index is 13.1. The number of benzene rings is 1. The van der Waals surface area contributed by atoms with Gasteiger partial charge in [-0.25, -0.2) is 4.39 Å². The summed E-state index contributed by atoms with van der Waals surface area (Å²) in [7, 11) is 0. The van der Waals surface area contributed by atoms with E-state index >= 15 is 0 Å². The molecule has 0 aliphatic carbocycles. The van der Waals surface area contributed by atoms with Crippen LogP contribution in [-0.2, 0) is 0 Å². The van der Waals surface area contributed by atoms with Crippen molar-refractivity contribution >= 4 is 15.9 Å². The van der Waals surface area contributed by atoms with Crippen LogP contribution in [0, 0.1) is 11.7 Å². The Morgan fingerprint density at radius 3 is 2.73 bits per heavy atom. The van der Waals surface area contributed by atoms with Crippen molar-refractivity contribution in [1.82, 2.24) is 0 Å². The lowest BCUT2D eigenvalue weighted by molar-refractivity contribution is 0.270. The van der Waals surface area contributed by atoms with E-state index in [1.54, 1.807) is 18.2 Å². The third-order valence-electron chi connectivity index (χ3n) is 2.31. The fourth-order valence-electron chi connectivity index (χ4n) is 1.26. The van der Waals surface area contributed by atoms with Crippen LogP contribution in [-0.4, -0.2) is 11.9 Å². The molecule has 0 spiro atoms. The number of hydrogen-bond acceptors (Lipinski definition) is 1. The minimum Gasteiger partial charge on any atom is -0.491 e. The van der Waals surface area contributed by atoms with Crippen LogP contribution in [0.25, 0.3) is 0 Å².